The summed E-state index contributed by atoms with van der Waals surface area (Å²) in [6.07, 6.45) is 3.27. The van der Waals surface area contributed by atoms with Gasteiger partial charge in [0.2, 0.25) is 0 Å². The van der Waals surface area contributed by atoms with Gasteiger partial charge in [-0.3, -0.25) is 5.43 Å². The van der Waals surface area contributed by atoms with E-state index in [0.29, 0.717) is 23.2 Å². The van der Waals surface area contributed by atoms with E-state index in [9.17, 15) is 4.39 Å². The van der Waals surface area contributed by atoms with Crippen molar-refractivity contribution in [2.24, 2.45) is 5.10 Å². The Kier molecular flexibility index (Phi) is 6.89. The third-order valence-corrected chi connectivity index (χ3v) is 3.49. The Hall–Kier alpha value is -2.25. The maximum absolute atomic E-state index is 12.9. The van der Waals surface area contributed by atoms with Crippen LogP contribution in [0.5, 0.6) is 5.75 Å². The molecule has 2 aromatic carbocycles. The number of hydrogen-bond donors (Lipinski definition) is 2. The summed E-state index contributed by atoms with van der Waals surface area (Å²) in [5.41, 5.74) is 4.15. The first-order valence-corrected chi connectivity index (χ1v) is 8.17. The van der Waals surface area contributed by atoms with Crippen LogP contribution in [0.2, 0.25) is 0 Å². The molecular weight excluding hydrogens is 393 g/mol. The van der Waals surface area contributed by atoms with Gasteiger partial charge < -0.3 is 10.1 Å². The SMILES string of the molecule is C=CCOc1ccc(Br)cc1/C=N/NC(=S)Nc1ccc(F)cc1. The molecule has 4 nitrogen and oxygen atoms in total. The van der Waals surface area contributed by atoms with Gasteiger partial charge in [0, 0.05) is 15.7 Å². The van der Waals surface area contributed by atoms with Crippen LogP contribution in [0.4, 0.5) is 10.1 Å². The summed E-state index contributed by atoms with van der Waals surface area (Å²) < 4.78 is 19.3. The molecule has 0 aliphatic carbocycles. The van der Waals surface area contributed by atoms with Crippen LogP contribution in [0.25, 0.3) is 0 Å². The number of hydrazone groups is 1. The molecule has 0 amide bonds. The fourth-order valence-electron chi connectivity index (χ4n) is 1.75. The third-order valence-electron chi connectivity index (χ3n) is 2.80. The van der Waals surface area contributed by atoms with Crippen molar-refractivity contribution in [2.45, 2.75) is 0 Å². The number of rotatable bonds is 6. The van der Waals surface area contributed by atoms with Crippen LogP contribution >= 0.6 is 28.1 Å². The summed E-state index contributed by atoms with van der Waals surface area (Å²) in [6.45, 7) is 4.03. The molecule has 24 heavy (non-hydrogen) atoms. The number of nitrogens with zero attached hydrogens (tertiary/aromatic N) is 1. The average Bonchev–Trinajstić information content (AvgIpc) is 2.56. The number of benzene rings is 2. The Labute approximate surface area is 153 Å². The molecular formula is C17H15BrFN3OS. The number of ether oxygens (including phenoxy) is 1. The molecule has 0 aromatic heterocycles. The molecule has 2 rings (SSSR count). The number of thiocarbonyl (C=S) groups is 1. The molecule has 0 heterocycles. The van der Waals surface area contributed by atoms with E-state index in [1.807, 2.05) is 18.2 Å². The molecule has 2 aromatic rings. The third kappa shape index (κ3) is 5.75. The summed E-state index contributed by atoms with van der Waals surface area (Å²) >= 11 is 8.54. The van der Waals surface area contributed by atoms with Gasteiger partial charge in [-0.1, -0.05) is 28.6 Å². The second-order valence-electron chi connectivity index (χ2n) is 4.61. The van der Waals surface area contributed by atoms with E-state index in [2.05, 4.69) is 38.4 Å². The zero-order valence-corrected chi connectivity index (χ0v) is 15.0. The van der Waals surface area contributed by atoms with Crippen LogP contribution in [0, 0.1) is 5.82 Å². The first-order valence-electron chi connectivity index (χ1n) is 6.97. The Bertz CT molecular complexity index is 750. The highest BCUT2D eigenvalue weighted by atomic mass is 79.9. The first-order chi connectivity index (χ1) is 11.6. The molecule has 0 saturated heterocycles. The second-order valence-corrected chi connectivity index (χ2v) is 5.94. The normalized spacial score (nSPS) is 10.4. The number of hydrogen-bond acceptors (Lipinski definition) is 3. The highest BCUT2D eigenvalue weighted by molar-refractivity contribution is 9.10. The van der Waals surface area contributed by atoms with Gasteiger partial charge in [-0.25, -0.2) is 4.39 Å². The van der Waals surface area contributed by atoms with Gasteiger partial charge in [-0.05, 0) is 54.7 Å². The van der Waals surface area contributed by atoms with E-state index in [-0.39, 0.29) is 5.82 Å². The minimum Gasteiger partial charge on any atom is -0.489 e. The minimum absolute atomic E-state index is 0.293. The highest BCUT2D eigenvalue weighted by Crippen LogP contribution is 2.21. The molecule has 0 unspecified atom stereocenters. The molecule has 2 N–H and O–H groups in total. The standard InChI is InChI=1S/C17H15BrFN3OS/c1-2-9-23-16-8-3-13(18)10-12(16)11-20-22-17(24)21-15-6-4-14(19)5-7-15/h2-8,10-11H,1,9H2,(H2,21,22,24)/b20-11+. The van der Waals surface area contributed by atoms with E-state index >= 15 is 0 Å². The average molecular weight is 408 g/mol. The molecule has 0 radical (unpaired) electrons. The molecule has 0 atom stereocenters. The van der Waals surface area contributed by atoms with Crippen molar-refractivity contribution in [2.75, 3.05) is 11.9 Å². The Morgan fingerprint density at radius 3 is 2.75 bits per heavy atom. The summed E-state index contributed by atoms with van der Waals surface area (Å²) in [5.74, 6) is 0.375. The van der Waals surface area contributed by atoms with Gasteiger partial charge in [-0.2, -0.15) is 5.10 Å². The fourth-order valence-corrected chi connectivity index (χ4v) is 2.30. The maximum Gasteiger partial charge on any atom is 0.191 e. The summed E-state index contributed by atoms with van der Waals surface area (Å²) in [5, 5.41) is 7.28. The molecule has 0 spiro atoms. The summed E-state index contributed by atoms with van der Waals surface area (Å²) in [7, 11) is 0. The first kappa shape index (κ1) is 18.1. The molecule has 0 bridgehead atoms. The Balaban J connectivity index is 1.97. The van der Waals surface area contributed by atoms with Gasteiger partial charge >= 0.3 is 0 Å². The van der Waals surface area contributed by atoms with Crippen LogP contribution in [-0.2, 0) is 0 Å². The lowest BCUT2D eigenvalue weighted by Crippen LogP contribution is -2.23. The van der Waals surface area contributed by atoms with E-state index in [4.69, 9.17) is 17.0 Å². The van der Waals surface area contributed by atoms with Crippen LogP contribution in [-0.4, -0.2) is 17.9 Å². The monoisotopic (exact) mass is 407 g/mol. The van der Waals surface area contributed by atoms with E-state index < -0.39 is 0 Å². The summed E-state index contributed by atoms with van der Waals surface area (Å²) in [6, 6.07) is 11.5. The lowest BCUT2D eigenvalue weighted by molar-refractivity contribution is 0.362. The van der Waals surface area contributed by atoms with Crippen molar-refractivity contribution in [1.29, 1.82) is 0 Å². The van der Waals surface area contributed by atoms with Crippen LogP contribution in [0.1, 0.15) is 5.56 Å². The summed E-state index contributed by atoms with van der Waals surface area (Å²) in [4.78, 5) is 0. The molecule has 0 saturated carbocycles. The van der Waals surface area contributed by atoms with E-state index in [1.165, 1.54) is 12.1 Å². The van der Waals surface area contributed by atoms with Crippen molar-refractivity contribution in [3.05, 3.63) is 71.0 Å². The van der Waals surface area contributed by atoms with Crippen LogP contribution < -0.4 is 15.5 Å². The van der Waals surface area contributed by atoms with Crippen LogP contribution in [0.3, 0.4) is 0 Å². The van der Waals surface area contributed by atoms with Gasteiger partial charge in [0.15, 0.2) is 5.11 Å². The number of anilines is 1. The largest absolute Gasteiger partial charge is 0.489 e. The molecule has 0 fully saturated rings. The van der Waals surface area contributed by atoms with Gasteiger partial charge in [0.1, 0.15) is 18.2 Å². The number of halogens is 2. The van der Waals surface area contributed by atoms with Crippen molar-refractivity contribution in [3.63, 3.8) is 0 Å². The predicted octanol–water partition coefficient (Wildman–Crippen LogP) is 4.47. The lowest BCUT2D eigenvalue weighted by atomic mass is 10.2. The predicted molar refractivity (Wildman–Crippen MR) is 103 cm³/mol. The number of nitrogens with one attached hydrogen (secondary N) is 2. The van der Waals surface area contributed by atoms with Crippen molar-refractivity contribution in [3.8, 4) is 5.75 Å². The molecule has 0 aliphatic rings. The van der Waals surface area contributed by atoms with Crippen molar-refractivity contribution < 1.29 is 9.13 Å². The zero-order valence-electron chi connectivity index (χ0n) is 12.6. The minimum atomic E-state index is -0.306. The fraction of sp³-hybridized carbons (Fsp3) is 0.0588. The topological polar surface area (TPSA) is 45.6 Å². The molecule has 0 aliphatic heterocycles. The van der Waals surface area contributed by atoms with Crippen LogP contribution in [0.15, 0.2) is 64.7 Å². The van der Waals surface area contributed by atoms with E-state index in [0.717, 1.165) is 10.0 Å². The maximum atomic E-state index is 12.9. The quantitative estimate of drug-likeness (QED) is 0.320. The zero-order chi connectivity index (χ0) is 17.4. The molecule has 7 heteroatoms. The lowest BCUT2D eigenvalue weighted by Gasteiger charge is -2.08. The van der Waals surface area contributed by atoms with Gasteiger partial charge in [-0.15, -0.1) is 0 Å². The molecule has 124 valence electrons. The second kappa shape index (κ2) is 9.14. The van der Waals surface area contributed by atoms with Gasteiger partial charge in [0.25, 0.3) is 0 Å². The van der Waals surface area contributed by atoms with E-state index in [1.54, 1.807) is 24.4 Å². The Morgan fingerprint density at radius 1 is 1.29 bits per heavy atom. The van der Waals surface area contributed by atoms with Gasteiger partial charge in [0.05, 0.1) is 6.21 Å². The highest BCUT2D eigenvalue weighted by Gasteiger charge is 2.02. The Morgan fingerprint density at radius 2 is 2.04 bits per heavy atom. The smallest absolute Gasteiger partial charge is 0.191 e. The van der Waals surface area contributed by atoms with Crippen molar-refractivity contribution >= 4 is 45.2 Å². The van der Waals surface area contributed by atoms with Crippen molar-refractivity contribution in [1.82, 2.24) is 5.43 Å².